The van der Waals surface area contributed by atoms with Gasteiger partial charge >= 0.3 is 0 Å². The zero-order valence-electron chi connectivity index (χ0n) is 9.15. The van der Waals surface area contributed by atoms with Gasteiger partial charge in [-0.2, -0.15) is 0 Å². The lowest BCUT2D eigenvalue weighted by Gasteiger charge is -2.01. The van der Waals surface area contributed by atoms with E-state index in [4.69, 9.17) is 21.8 Å². The molecular weight excluding hydrogens is 245 g/mol. The third-order valence-corrected chi connectivity index (χ3v) is 2.67. The lowest BCUT2D eigenvalue weighted by Crippen LogP contribution is -2.08. The van der Waals surface area contributed by atoms with Crippen LogP contribution < -0.4 is 5.73 Å². The first-order valence-corrected chi connectivity index (χ1v) is 5.54. The Morgan fingerprint density at radius 1 is 1.47 bits per heavy atom. The minimum Gasteiger partial charge on any atom is -0.419 e. The zero-order valence-corrected chi connectivity index (χ0v) is 9.91. The standard InChI is InChI=1S/C11H11ClFN3O/c1-2-9(14)11-16-15-10(17-11)7-4-3-6(13)5-8(7)12/h3-5,9H,2,14H2,1H3. The van der Waals surface area contributed by atoms with E-state index in [1.807, 2.05) is 6.92 Å². The molecule has 0 radical (unpaired) electrons. The monoisotopic (exact) mass is 255 g/mol. The molecule has 0 aliphatic heterocycles. The topological polar surface area (TPSA) is 64.9 Å². The second-order valence-corrected chi connectivity index (χ2v) is 3.99. The Morgan fingerprint density at radius 2 is 2.24 bits per heavy atom. The van der Waals surface area contributed by atoms with Crippen molar-refractivity contribution in [2.24, 2.45) is 5.73 Å². The third-order valence-electron chi connectivity index (χ3n) is 2.36. The van der Waals surface area contributed by atoms with Crippen molar-refractivity contribution in [2.75, 3.05) is 0 Å². The van der Waals surface area contributed by atoms with Crippen molar-refractivity contribution in [1.82, 2.24) is 10.2 Å². The maximum Gasteiger partial charge on any atom is 0.249 e. The molecule has 1 aromatic carbocycles. The molecule has 0 aliphatic rings. The molecule has 1 heterocycles. The molecule has 2 rings (SSSR count). The van der Waals surface area contributed by atoms with Crippen LogP contribution in [0, 0.1) is 5.82 Å². The van der Waals surface area contributed by atoms with Crippen molar-refractivity contribution in [2.45, 2.75) is 19.4 Å². The van der Waals surface area contributed by atoms with Gasteiger partial charge in [0.05, 0.1) is 16.6 Å². The summed E-state index contributed by atoms with van der Waals surface area (Å²) in [4.78, 5) is 0. The average molecular weight is 256 g/mol. The van der Waals surface area contributed by atoms with Gasteiger partial charge in [-0.1, -0.05) is 18.5 Å². The first-order chi connectivity index (χ1) is 8.11. The number of nitrogens with two attached hydrogens (primary N) is 1. The van der Waals surface area contributed by atoms with Gasteiger partial charge in [-0.3, -0.25) is 0 Å². The van der Waals surface area contributed by atoms with Gasteiger partial charge in [0.15, 0.2) is 0 Å². The molecule has 0 amide bonds. The first-order valence-electron chi connectivity index (χ1n) is 5.16. The molecule has 0 saturated carbocycles. The Bertz CT molecular complexity index is 529. The van der Waals surface area contributed by atoms with E-state index in [9.17, 15) is 4.39 Å². The summed E-state index contributed by atoms with van der Waals surface area (Å²) >= 11 is 5.89. The SMILES string of the molecule is CCC(N)c1nnc(-c2ccc(F)cc2Cl)o1. The van der Waals surface area contributed by atoms with Crippen LogP contribution in [0.1, 0.15) is 25.3 Å². The molecule has 4 nitrogen and oxygen atoms in total. The maximum atomic E-state index is 12.9. The fourth-order valence-corrected chi connectivity index (χ4v) is 1.58. The molecule has 0 saturated heterocycles. The van der Waals surface area contributed by atoms with Crippen molar-refractivity contribution in [3.8, 4) is 11.5 Å². The highest BCUT2D eigenvalue weighted by molar-refractivity contribution is 6.33. The quantitative estimate of drug-likeness (QED) is 0.916. The van der Waals surface area contributed by atoms with E-state index in [0.717, 1.165) is 0 Å². The fraction of sp³-hybridized carbons (Fsp3) is 0.273. The van der Waals surface area contributed by atoms with E-state index in [1.54, 1.807) is 0 Å². The van der Waals surface area contributed by atoms with Crippen LogP contribution in [0.25, 0.3) is 11.5 Å². The molecule has 0 fully saturated rings. The molecule has 1 unspecified atom stereocenters. The summed E-state index contributed by atoms with van der Waals surface area (Å²) < 4.78 is 18.3. The molecular formula is C11H11ClFN3O. The van der Waals surface area contributed by atoms with Crippen LogP contribution in [0.15, 0.2) is 22.6 Å². The molecule has 1 aromatic heterocycles. The minimum absolute atomic E-state index is 0.227. The Morgan fingerprint density at radius 3 is 2.88 bits per heavy atom. The number of halogens is 2. The van der Waals surface area contributed by atoms with E-state index in [2.05, 4.69) is 10.2 Å². The lowest BCUT2D eigenvalue weighted by molar-refractivity contribution is 0.452. The average Bonchev–Trinajstić information content (AvgIpc) is 2.77. The van der Waals surface area contributed by atoms with Crippen LogP contribution in [0.3, 0.4) is 0 Å². The van der Waals surface area contributed by atoms with Crippen LogP contribution in [0.5, 0.6) is 0 Å². The van der Waals surface area contributed by atoms with Crippen molar-refractivity contribution < 1.29 is 8.81 Å². The van der Waals surface area contributed by atoms with Crippen LogP contribution >= 0.6 is 11.6 Å². The second-order valence-electron chi connectivity index (χ2n) is 3.58. The van der Waals surface area contributed by atoms with Crippen molar-refractivity contribution in [1.29, 1.82) is 0 Å². The molecule has 0 bridgehead atoms. The second kappa shape index (κ2) is 4.81. The summed E-state index contributed by atoms with van der Waals surface area (Å²) in [6, 6.07) is 3.67. The van der Waals surface area contributed by atoms with Crippen LogP contribution in [-0.4, -0.2) is 10.2 Å². The van der Waals surface area contributed by atoms with E-state index in [1.165, 1.54) is 18.2 Å². The van der Waals surface area contributed by atoms with Crippen LogP contribution in [0.4, 0.5) is 4.39 Å². The van der Waals surface area contributed by atoms with Crippen LogP contribution in [0.2, 0.25) is 5.02 Å². The van der Waals surface area contributed by atoms with Gasteiger partial charge in [-0.25, -0.2) is 4.39 Å². The predicted molar refractivity (Wildman–Crippen MR) is 61.9 cm³/mol. The zero-order chi connectivity index (χ0) is 12.4. The number of nitrogens with zero attached hydrogens (tertiary/aromatic N) is 2. The minimum atomic E-state index is -0.413. The van der Waals surface area contributed by atoms with Gasteiger partial charge in [0, 0.05) is 0 Å². The van der Waals surface area contributed by atoms with Gasteiger partial charge in [0.2, 0.25) is 11.8 Å². The van der Waals surface area contributed by atoms with E-state index in [0.29, 0.717) is 17.9 Å². The highest BCUT2D eigenvalue weighted by atomic mass is 35.5. The highest BCUT2D eigenvalue weighted by Crippen LogP contribution is 2.28. The summed E-state index contributed by atoms with van der Waals surface area (Å²) in [5.74, 6) is 0.181. The number of aromatic nitrogens is 2. The number of rotatable bonds is 3. The van der Waals surface area contributed by atoms with E-state index in [-0.39, 0.29) is 17.0 Å². The maximum absolute atomic E-state index is 12.9. The molecule has 90 valence electrons. The molecule has 1 atom stereocenters. The molecule has 0 aliphatic carbocycles. The van der Waals surface area contributed by atoms with Gasteiger partial charge < -0.3 is 10.2 Å². The number of hydrogen-bond acceptors (Lipinski definition) is 4. The van der Waals surface area contributed by atoms with Gasteiger partial charge in [0.1, 0.15) is 5.82 Å². The molecule has 0 spiro atoms. The third kappa shape index (κ3) is 2.45. The molecule has 2 N–H and O–H groups in total. The summed E-state index contributed by atoms with van der Waals surface area (Å²) in [5.41, 5.74) is 6.25. The first kappa shape index (κ1) is 12.0. The van der Waals surface area contributed by atoms with E-state index >= 15 is 0 Å². The van der Waals surface area contributed by atoms with Gasteiger partial charge in [-0.15, -0.1) is 10.2 Å². The fourth-order valence-electron chi connectivity index (χ4n) is 1.33. The smallest absolute Gasteiger partial charge is 0.249 e. The largest absolute Gasteiger partial charge is 0.419 e. The normalized spacial score (nSPS) is 12.7. The summed E-state index contributed by atoms with van der Waals surface area (Å²) in [6.07, 6.45) is 0.693. The Kier molecular flexibility index (Phi) is 3.40. The van der Waals surface area contributed by atoms with Crippen molar-refractivity contribution in [3.63, 3.8) is 0 Å². The Labute approximate surface area is 103 Å². The van der Waals surface area contributed by atoms with Gasteiger partial charge in [0.25, 0.3) is 0 Å². The predicted octanol–water partition coefficient (Wildman–Crippen LogP) is 2.94. The van der Waals surface area contributed by atoms with Gasteiger partial charge in [-0.05, 0) is 24.6 Å². The highest BCUT2D eigenvalue weighted by Gasteiger charge is 2.15. The van der Waals surface area contributed by atoms with Crippen molar-refractivity contribution >= 4 is 11.6 Å². The summed E-state index contributed by atoms with van der Waals surface area (Å²) in [5, 5.41) is 7.90. The van der Waals surface area contributed by atoms with Crippen molar-refractivity contribution in [3.05, 3.63) is 34.9 Å². The molecule has 6 heteroatoms. The number of benzene rings is 1. The summed E-state index contributed by atoms with van der Waals surface area (Å²) in [6.45, 7) is 1.92. The summed E-state index contributed by atoms with van der Waals surface area (Å²) in [7, 11) is 0. The molecule has 17 heavy (non-hydrogen) atoms. The van der Waals surface area contributed by atoms with E-state index < -0.39 is 5.82 Å². The van der Waals surface area contributed by atoms with Crippen LogP contribution in [-0.2, 0) is 0 Å². The Hall–Kier alpha value is -1.46. The lowest BCUT2D eigenvalue weighted by atomic mass is 10.2. The molecule has 2 aromatic rings. The number of hydrogen-bond donors (Lipinski definition) is 1. The Balaban J connectivity index is 2.37.